The van der Waals surface area contributed by atoms with Crippen LogP contribution in [0.25, 0.3) is 11.3 Å². The molecule has 1 fully saturated rings. The first-order valence-corrected chi connectivity index (χ1v) is 13.0. The van der Waals surface area contributed by atoms with E-state index in [2.05, 4.69) is 16.4 Å². The molecular formula is C29H26N4O4S. The first kappa shape index (κ1) is 25.2. The Morgan fingerprint density at radius 1 is 1.05 bits per heavy atom. The number of carbonyl (C=O) groups excluding carboxylic acids is 2. The average Bonchev–Trinajstić information content (AvgIpc) is 3.68. The summed E-state index contributed by atoms with van der Waals surface area (Å²) in [4.78, 5) is 44.0. The average molecular weight is 527 g/mol. The van der Waals surface area contributed by atoms with E-state index < -0.39 is 12.0 Å². The summed E-state index contributed by atoms with van der Waals surface area (Å²) in [6, 6.07) is 20.9. The van der Waals surface area contributed by atoms with E-state index in [1.54, 1.807) is 12.1 Å². The zero-order chi connectivity index (χ0) is 26.8. The Bertz CT molecular complexity index is 1530. The number of aromatic carboxylic acids is 1. The molecule has 4 aromatic rings. The SMILES string of the molecule is Cc1ccc(C2CC2)cc1N(C(N)=O)c1nc(-c2cccc(C(=O)O)c2)c(C(=O)NCc2ccccc2)s1. The summed E-state index contributed by atoms with van der Waals surface area (Å²) in [6.45, 7) is 2.18. The Morgan fingerprint density at radius 3 is 2.50 bits per heavy atom. The fourth-order valence-electron chi connectivity index (χ4n) is 4.27. The van der Waals surface area contributed by atoms with Crippen LogP contribution in [0.4, 0.5) is 15.6 Å². The Labute approximate surface area is 223 Å². The fourth-order valence-corrected chi connectivity index (χ4v) is 5.29. The predicted octanol–water partition coefficient (Wildman–Crippen LogP) is 5.84. The van der Waals surface area contributed by atoms with Crippen molar-refractivity contribution in [1.29, 1.82) is 0 Å². The van der Waals surface area contributed by atoms with Gasteiger partial charge in [-0.2, -0.15) is 0 Å². The summed E-state index contributed by atoms with van der Waals surface area (Å²) in [7, 11) is 0. The summed E-state index contributed by atoms with van der Waals surface area (Å²) in [5.74, 6) is -1.01. The van der Waals surface area contributed by atoms with Crippen molar-refractivity contribution in [2.24, 2.45) is 5.73 Å². The second-order valence-corrected chi connectivity index (χ2v) is 10.2. The Morgan fingerprint density at radius 2 is 1.82 bits per heavy atom. The third-order valence-electron chi connectivity index (χ3n) is 6.44. The number of amides is 3. The molecule has 9 heteroatoms. The number of thiazole rings is 1. The zero-order valence-corrected chi connectivity index (χ0v) is 21.5. The summed E-state index contributed by atoms with van der Waals surface area (Å²) >= 11 is 1.04. The number of carboxylic acid groups (broad SMARTS) is 1. The van der Waals surface area contributed by atoms with Crippen molar-refractivity contribution in [1.82, 2.24) is 10.3 Å². The molecule has 3 amide bonds. The van der Waals surface area contributed by atoms with E-state index >= 15 is 0 Å². The van der Waals surface area contributed by atoms with Gasteiger partial charge in [0.1, 0.15) is 4.88 Å². The molecule has 3 aromatic carbocycles. The number of urea groups is 1. The molecule has 0 spiro atoms. The van der Waals surface area contributed by atoms with Gasteiger partial charge in [-0.3, -0.25) is 4.79 Å². The highest BCUT2D eigenvalue weighted by Crippen LogP contribution is 2.43. The van der Waals surface area contributed by atoms with Gasteiger partial charge in [-0.15, -0.1) is 0 Å². The van der Waals surface area contributed by atoms with E-state index in [4.69, 9.17) is 5.73 Å². The molecule has 0 atom stereocenters. The van der Waals surface area contributed by atoms with E-state index in [1.165, 1.54) is 17.0 Å². The molecule has 1 aromatic heterocycles. The van der Waals surface area contributed by atoms with Crippen LogP contribution in [0.1, 0.15) is 55.5 Å². The maximum Gasteiger partial charge on any atom is 0.335 e. The minimum absolute atomic E-state index is 0.0624. The quantitative estimate of drug-likeness (QED) is 0.266. The number of nitrogens with two attached hydrogens (primary N) is 1. The second-order valence-electron chi connectivity index (χ2n) is 9.22. The van der Waals surface area contributed by atoms with Crippen LogP contribution in [0.2, 0.25) is 0 Å². The van der Waals surface area contributed by atoms with Crippen molar-refractivity contribution in [3.63, 3.8) is 0 Å². The maximum atomic E-state index is 13.4. The summed E-state index contributed by atoms with van der Waals surface area (Å²) in [5.41, 5.74) is 10.2. The van der Waals surface area contributed by atoms with E-state index in [1.807, 2.05) is 49.4 Å². The van der Waals surface area contributed by atoms with Gasteiger partial charge in [-0.05, 0) is 60.6 Å². The van der Waals surface area contributed by atoms with Crippen LogP contribution in [0.5, 0.6) is 0 Å². The number of aromatic nitrogens is 1. The number of benzene rings is 3. The molecule has 8 nitrogen and oxygen atoms in total. The standard InChI is InChI=1S/C29H26N4O4S/c1-17-10-11-20(19-12-13-19)15-23(17)33(28(30)37)29-32-24(21-8-5-9-22(14-21)27(35)36)25(38-29)26(34)31-16-18-6-3-2-4-7-18/h2-11,14-15,19H,12-13,16H2,1H3,(H2,30,37)(H,31,34)(H,35,36). The van der Waals surface area contributed by atoms with Gasteiger partial charge in [0.2, 0.25) is 0 Å². The molecule has 0 aliphatic heterocycles. The first-order chi connectivity index (χ1) is 18.3. The number of carboxylic acids is 1. The highest BCUT2D eigenvalue weighted by Gasteiger charge is 2.29. The number of rotatable bonds is 8. The van der Waals surface area contributed by atoms with Crippen LogP contribution in [0.15, 0.2) is 72.8 Å². The van der Waals surface area contributed by atoms with Crippen LogP contribution >= 0.6 is 11.3 Å². The molecule has 1 aliphatic rings. The highest BCUT2D eigenvalue weighted by molar-refractivity contribution is 7.18. The number of carbonyl (C=O) groups is 3. The molecule has 5 rings (SSSR count). The predicted molar refractivity (Wildman–Crippen MR) is 147 cm³/mol. The molecule has 4 N–H and O–H groups in total. The lowest BCUT2D eigenvalue weighted by Gasteiger charge is -2.20. The van der Waals surface area contributed by atoms with Crippen molar-refractivity contribution in [2.45, 2.75) is 32.2 Å². The first-order valence-electron chi connectivity index (χ1n) is 12.2. The zero-order valence-electron chi connectivity index (χ0n) is 20.7. The smallest absolute Gasteiger partial charge is 0.335 e. The van der Waals surface area contributed by atoms with Crippen LogP contribution in [0.3, 0.4) is 0 Å². The van der Waals surface area contributed by atoms with Gasteiger partial charge in [-0.1, -0.05) is 65.9 Å². The van der Waals surface area contributed by atoms with Crippen molar-refractivity contribution in [3.05, 3.63) is 99.9 Å². The van der Waals surface area contributed by atoms with Crippen molar-refractivity contribution in [2.75, 3.05) is 4.90 Å². The molecule has 1 aliphatic carbocycles. The lowest BCUT2D eigenvalue weighted by molar-refractivity contribution is 0.0696. The Balaban J connectivity index is 1.58. The fraction of sp³-hybridized carbons (Fsp3) is 0.172. The topological polar surface area (TPSA) is 126 Å². The van der Waals surface area contributed by atoms with Crippen LogP contribution in [0, 0.1) is 6.92 Å². The van der Waals surface area contributed by atoms with Gasteiger partial charge in [0.25, 0.3) is 5.91 Å². The van der Waals surface area contributed by atoms with Crippen LogP contribution < -0.4 is 16.0 Å². The van der Waals surface area contributed by atoms with Crippen LogP contribution in [-0.2, 0) is 6.54 Å². The van der Waals surface area contributed by atoms with E-state index in [0.29, 0.717) is 23.7 Å². The molecule has 1 saturated carbocycles. The number of anilines is 2. The molecule has 192 valence electrons. The lowest BCUT2D eigenvalue weighted by atomic mass is 10.1. The van der Waals surface area contributed by atoms with Gasteiger partial charge in [-0.25, -0.2) is 19.5 Å². The monoisotopic (exact) mass is 526 g/mol. The number of hydrogen-bond acceptors (Lipinski definition) is 5. The number of primary amides is 1. The van der Waals surface area contributed by atoms with Gasteiger partial charge >= 0.3 is 12.0 Å². The van der Waals surface area contributed by atoms with E-state index in [-0.39, 0.29) is 27.2 Å². The highest BCUT2D eigenvalue weighted by atomic mass is 32.1. The molecule has 0 bridgehead atoms. The van der Waals surface area contributed by atoms with Gasteiger partial charge in [0.15, 0.2) is 5.13 Å². The second kappa shape index (κ2) is 10.5. The van der Waals surface area contributed by atoms with Gasteiger partial charge in [0, 0.05) is 12.1 Å². The van der Waals surface area contributed by atoms with E-state index in [9.17, 15) is 19.5 Å². The number of aryl methyl sites for hydroxylation is 1. The van der Waals surface area contributed by atoms with Gasteiger partial charge < -0.3 is 16.2 Å². The number of hydrogen-bond donors (Lipinski definition) is 3. The molecule has 0 radical (unpaired) electrons. The lowest BCUT2D eigenvalue weighted by Crippen LogP contribution is -2.32. The van der Waals surface area contributed by atoms with Crippen molar-refractivity contribution >= 4 is 40.1 Å². The minimum atomic E-state index is -1.09. The maximum absolute atomic E-state index is 13.4. The summed E-state index contributed by atoms with van der Waals surface area (Å²) in [6.07, 6.45) is 2.21. The molecule has 38 heavy (non-hydrogen) atoms. The van der Waals surface area contributed by atoms with E-state index in [0.717, 1.165) is 40.9 Å². The molecule has 0 saturated heterocycles. The summed E-state index contributed by atoms with van der Waals surface area (Å²) < 4.78 is 0. The number of nitrogens with zero attached hydrogens (tertiary/aromatic N) is 2. The number of nitrogens with one attached hydrogen (secondary N) is 1. The van der Waals surface area contributed by atoms with Crippen molar-refractivity contribution < 1.29 is 19.5 Å². The molecule has 1 heterocycles. The van der Waals surface area contributed by atoms with Crippen molar-refractivity contribution in [3.8, 4) is 11.3 Å². The third kappa shape index (κ3) is 5.28. The largest absolute Gasteiger partial charge is 0.478 e. The third-order valence-corrected chi connectivity index (χ3v) is 7.47. The molecular weight excluding hydrogens is 500 g/mol. The van der Waals surface area contributed by atoms with Gasteiger partial charge in [0.05, 0.1) is 16.9 Å². The molecule has 0 unspecified atom stereocenters. The summed E-state index contributed by atoms with van der Waals surface area (Å²) in [5, 5.41) is 12.6. The Kier molecular flexibility index (Phi) is 6.93. The van der Waals surface area contributed by atoms with Crippen LogP contribution in [-0.4, -0.2) is 28.0 Å². The minimum Gasteiger partial charge on any atom is -0.478 e. The normalized spacial score (nSPS) is 12.7. The Hall–Kier alpha value is -4.50.